The summed E-state index contributed by atoms with van der Waals surface area (Å²) in [6.07, 6.45) is 0. The van der Waals surface area contributed by atoms with Crippen molar-refractivity contribution in [1.82, 2.24) is 0 Å². The molecule has 0 radical (unpaired) electrons. The van der Waals surface area contributed by atoms with Gasteiger partial charge >= 0.3 is 0 Å². The third-order valence-corrected chi connectivity index (χ3v) is 9.31. The molecule has 0 saturated carbocycles. The van der Waals surface area contributed by atoms with E-state index in [1.54, 1.807) is 12.1 Å². The van der Waals surface area contributed by atoms with Gasteiger partial charge in [0.15, 0.2) is 0 Å². The fourth-order valence-corrected chi connectivity index (χ4v) is 7.93. The third-order valence-electron chi connectivity index (χ3n) is 5.04. The number of benzene rings is 4. The first-order valence-corrected chi connectivity index (χ1v) is 11.0. The first-order chi connectivity index (χ1) is 13.7. The molecule has 0 spiro atoms. The van der Waals surface area contributed by atoms with Gasteiger partial charge in [-0.2, -0.15) is 0 Å². The molecule has 0 amide bonds. The summed E-state index contributed by atoms with van der Waals surface area (Å²) < 4.78 is 16.2. The summed E-state index contributed by atoms with van der Waals surface area (Å²) in [5.41, 5.74) is 1.13. The molecule has 0 heterocycles. The van der Waals surface area contributed by atoms with E-state index in [0.717, 1.165) is 11.0 Å². The topological polar surface area (TPSA) is 3.24 Å². The molecule has 0 aliphatic rings. The van der Waals surface area contributed by atoms with Crippen LogP contribution in [0.1, 0.15) is 0 Å². The lowest BCUT2D eigenvalue weighted by Gasteiger charge is -2.35. The minimum Gasteiger partial charge on any atom is -0.237 e. The van der Waals surface area contributed by atoms with Crippen molar-refractivity contribution in [1.29, 1.82) is 0 Å². The first kappa shape index (κ1) is 18.4. The number of para-hydroxylation sites is 1. The minimum atomic E-state index is -2.22. The second-order valence-electron chi connectivity index (χ2n) is 6.64. The molecule has 4 aromatic carbocycles. The maximum Gasteiger partial charge on any atom is 0.202 e. The summed E-state index contributed by atoms with van der Waals surface area (Å²) in [4.78, 5) is 0. The van der Waals surface area contributed by atoms with Crippen molar-refractivity contribution in [2.45, 2.75) is 0 Å². The highest BCUT2D eigenvalue weighted by atomic mass is 31.2. The summed E-state index contributed by atoms with van der Waals surface area (Å²) in [5.74, 6) is -0.217. The molecule has 4 aromatic rings. The predicted molar refractivity (Wildman–Crippen MR) is 120 cm³/mol. The smallest absolute Gasteiger partial charge is 0.202 e. The van der Waals surface area contributed by atoms with Crippen LogP contribution in [-0.4, -0.2) is 7.05 Å². The summed E-state index contributed by atoms with van der Waals surface area (Å²) in [6, 6.07) is 38.5. The van der Waals surface area contributed by atoms with E-state index in [4.69, 9.17) is 0 Å². The maximum atomic E-state index is 13.8. The van der Waals surface area contributed by atoms with E-state index < -0.39 is 7.41 Å². The Kier molecular flexibility index (Phi) is 5.23. The predicted octanol–water partition coefficient (Wildman–Crippen LogP) is 5.17. The number of nitrogens with zero attached hydrogens (tertiary/aromatic N) is 1. The minimum absolute atomic E-state index is 0.217. The van der Waals surface area contributed by atoms with E-state index in [1.165, 1.54) is 10.6 Å². The van der Waals surface area contributed by atoms with E-state index in [-0.39, 0.29) is 5.82 Å². The van der Waals surface area contributed by atoms with Crippen LogP contribution < -0.4 is 20.6 Å². The lowest BCUT2D eigenvalue weighted by Crippen LogP contribution is -2.41. The van der Waals surface area contributed by atoms with E-state index in [2.05, 4.69) is 84.5 Å². The fourth-order valence-electron chi connectivity index (χ4n) is 3.73. The lowest BCUT2D eigenvalue weighted by molar-refractivity contribution is 0.628. The van der Waals surface area contributed by atoms with Gasteiger partial charge in [-0.15, -0.1) is 0 Å². The number of hydrogen-bond donors (Lipinski definition) is 0. The van der Waals surface area contributed by atoms with Gasteiger partial charge in [0.25, 0.3) is 0 Å². The van der Waals surface area contributed by atoms with Crippen LogP contribution in [0.15, 0.2) is 115 Å². The molecule has 4 rings (SSSR count). The molecule has 138 valence electrons. The van der Waals surface area contributed by atoms with Gasteiger partial charge in [0.2, 0.25) is 7.41 Å². The molecule has 0 saturated heterocycles. The van der Waals surface area contributed by atoms with Gasteiger partial charge in [-0.1, -0.05) is 54.6 Å². The van der Waals surface area contributed by atoms with Gasteiger partial charge < -0.3 is 0 Å². The Morgan fingerprint density at radius 2 is 0.929 bits per heavy atom. The SMILES string of the molecule is CN(c1ccccc1)[P+](c1ccccc1)(c1ccccc1)c1ccc(F)cc1. The zero-order valence-corrected chi connectivity index (χ0v) is 16.6. The molecule has 3 heteroatoms. The Hall–Kier alpha value is -2.96. The monoisotopic (exact) mass is 386 g/mol. The van der Waals surface area contributed by atoms with E-state index in [1.807, 2.05) is 30.3 Å². The number of hydrogen-bond acceptors (Lipinski definition) is 1. The van der Waals surface area contributed by atoms with Crippen molar-refractivity contribution in [3.63, 3.8) is 0 Å². The highest BCUT2D eigenvalue weighted by molar-refractivity contribution is 7.96. The van der Waals surface area contributed by atoms with Crippen LogP contribution in [0.5, 0.6) is 0 Å². The van der Waals surface area contributed by atoms with Crippen LogP contribution in [0.25, 0.3) is 0 Å². The van der Waals surface area contributed by atoms with Gasteiger partial charge in [0, 0.05) is 7.05 Å². The molecule has 0 atom stereocenters. The van der Waals surface area contributed by atoms with Crippen LogP contribution in [0.4, 0.5) is 10.1 Å². The molecule has 0 fully saturated rings. The first-order valence-electron chi connectivity index (χ1n) is 9.28. The highest BCUT2D eigenvalue weighted by Crippen LogP contribution is 2.59. The summed E-state index contributed by atoms with van der Waals surface area (Å²) in [7, 11) is -0.0741. The van der Waals surface area contributed by atoms with Gasteiger partial charge in [0.05, 0.1) is 5.69 Å². The van der Waals surface area contributed by atoms with Gasteiger partial charge in [-0.3, -0.25) is 0 Å². The quantitative estimate of drug-likeness (QED) is 0.428. The Morgan fingerprint density at radius 3 is 1.39 bits per heavy atom. The van der Waals surface area contributed by atoms with E-state index in [9.17, 15) is 4.39 Å². The largest absolute Gasteiger partial charge is 0.237 e. The number of anilines is 1. The molecule has 0 aliphatic heterocycles. The zero-order valence-electron chi connectivity index (χ0n) is 15.7. The van der Waals surface area contributed by atoms with Crippen molar-refractivity contribution in [3.8, 4) is 0 Å². The fraction of sp³-hybridized carbons (Fsp3) is 0.0400. The maximum absolute atomic E-state index is 13.8. The standard InChI is InChI=1S/C25H22FNP/c1-27(22-11-5-2-6-12-22)28(23-13-7-3-8-14-23,24-15-9-4-10-16-24)25-19-17-21(26)18-20-25/h2-20H,1H3/q+1. The molecule has 0 aromatic heterocycles. The van der Waals surface area contributed by atoms with Crippen molar-refractivity contribution >= 4 is 29.0 Å². The van der Waals surface area contributed by atoms with Crippen molar-refractivity contribution in [2.75, 3.05) is 11.7 Å². The third kappa shape index (κ3) is 3.21. The molecule has 0 aliphatic carbocycles. The van der Waals surface area contributed by atoms with Crippen LogP contribution in [0, 0.1) is 5.82 Å². The molecular formula is C25H22FNP+. The normalized spacial score (nSPS) is 11.2. The van der Waals surface area contributed by atoms with Crippen molar-refractivity contribution in [2.24, 2.45) is 0 Å². The summed E-state index contributed by atoms with van der Waals surface area (Å²) >= 11 is 0. The summed E-state index contributed by atoms with van der Waals surface area (Å²) in [5, 5.41) is 3.59. The van der Waals surface area contributed by atoms with Crippen LogP contribution in [0.3, 0.4) is 0 Å². The van der Waals surface area contributed by atoms with Crippen molar-refractivity contribution in [3.05, 3.63) is 121 Å². The number of halogens is 1. The lowest BCUT2D eigenvalue weighted by atomic mass is 10.3. The zero-order chi connectivity index (χ0) is 19.4. The van der Waals surface area contributed by atoms with Crippen LogP contribution in [0.2, 0.25) is 0 Å². The molecule has 28 heavy (non-hydrogen) atoms. The molecule has 0 unspecified atom stereocenters. The Morgan fingerprint density at radius 1 is 0.536 bits per heavy atom. The average molecular weight is 386 g/mol. The number of rotatable bonds is 5. The second kappa shape index (κ2) is 7.96. The van der Waals surface area contributed by atoms with Crippen LogP contribution in [-0.2, 0) is 0 Å². The van der Waals surface area contributed by atoms with Crippen molar-refractivity contribution < 1.29 is 4.39 Å². The Balaban J connectivity index is 2.07. The molecular weight excluding hydrogens is 364 g/mol. The highest BCUT2D eigenvalue weighted by Gasteiger charge is 2.50. The van der Waals surface area contributed by atoms with Crippen LogP contribution >= 0.6 is 7.41 Å². The van der Waals surface area contributed by atoms with Gasteiger partial charge in [-0.05, 0) is 60.7 Å². The molecule has 1 nitrogen and oxygen atoms in total. The summed E-state index contributed by atoms with van der Waals surface area (Å²) in [6.45, 7) is 0. The molecule has 0 bridgehead atoms. The van der Waals surface area contributed by atoms with Gasteiger partial charge in [0.1, 0.15) is 21.7 Å². The molecule has 0 N–H and O–H groups in total. The van der Waals surface area contributed by atoms with E-state index >= 15 is 0 Å². The Labute approximate surface area is 166 Å². The van der Waals surface area contributed by atoms with E-state index in [0.29, 0.717) is 0 Å². The van der Waals surface area contributed by atoms with Gasteiger partial charge in [-0.25, -0.2) is 9.06 Å². The second-order valence-corrected chi connectivity index (χ2v) is 10.1. The average Bonchev–Trinajstić information content (AvgIpc) is 2.77. The Bertz CT molecular complexity index is 979.